The molecule has 8 N–H and O–H groups in total. The van der Waals surface area contributed by atoms with E-state index >= 15 is 0 Å². The molecule has 4 heteroatoms. The van der Waals surface area contributed by atoms with E-state index in [0.29, 0.717) is 13.1 Å². The van der Waals surface area contributed by atoms with Crippen molar-refractivity contribution in [3.63, 3.8) is 0 Å². The Kier molecular flexibility index (Phi) is 6.18. The number of hydrogen-bond acceptors (Lipinski definition) is 4. The zero-order valence-electron chi connectivity index (χ0n) is 11.0. The summed E-state index contributed by atoms with van der Waals surface area (Å²) < 4.78 is 0. The molecule has 4 nitrogen and oxygen atoms in total. The minimum absolute atomic E-state index is 0.597. The molecule has 0 aliphatic carbocycles. The van der Waals surface area contributed by atoms with Gasteiger partial charge in [-0.25, -0.2) is 0 Å². The van der Waals surface area contributed by atoms with Crippen LogP contribution in [0.2, 0.25) is 0 Å². The van der Waals surface area contributed by atoms with Gasteiger partial charge >= 0.3 is 0 Å². The highest BCUT2D eigenvalue weighted by atomic mass is 15.0. The van der Waals surface area contributed by atoms with Crippen LogP contribution in [0.3, 0.4) is 0 Å². The Morgan fingerprint density at radius 3 is 1.21 bits per heavy atom. The lowest BCUT2D eigenvalue weighted by Gasteiger charge is -2.25. The van der Waals surface area contributed by atoms with Gasteiger partial charge in [0, 0.05) is 13.1 Å². The zero-order valence-corrected chi connectivity index (χ0v) is 11.0. The van der Waals surface area contributed by atoms with Crippen LogP contribution in [0.5, 0.6) is 0 Å². The van der Waals surface area contributed by atoms with Crippen LogP contribution in [0.25, 0.3) is 0 Å². The average molecular weight is 258 g/mol. The van der Waals surface area contributed by atoms with Gasteiger partial charge in [0.25, 0.3) is 0 Å². The van der Waals surface area contributed by atoms with E-state index in [1.165, 1.54) is 0 Å². The van der Waals surface area contributed by atoms with Crippen molar-refractivity contribution >= 4 is 0 Å². The summed E-state index contributed by atoms with van der Waals surface area (Å²) in [5, 5.41) is 0. The van der Waals surface area contributed by atoms with E-state index in [1.54, 1.807) is 0 Å². The molecule has 0 saturated carbocycles. The standard InChI is InChI=1S/C13H14N2.C2H8N2/c14-13(15,11-7-3-1-4-8-11)12-9-5-2-6-10-12;3-1-2-4/h1-10H,14-15H2;1-4H2. The van der Waals surface area contributed by atoms with Crippen LogP contribution in [0.15, 0.2) is 60.7 Å². The Balaban J connectivity index is 0.000000399. The first-order valence-electron chi connectivity index (χ1n) is 6.22. The van der Waals surface area contributed by atoms with Crippen molar-refractivity contribution < 1.29 is 0 Å². The molecule has 0 aliphatic rings. The topological polar surface area (TPSA) is 104 Å². The van der Waals surface area contributed by atoms with E-state index in [9.17, 15) is 0 Å². The van der Waals surface area contributed by atoms with E-state index < -0.39 is 5.66 Å². The molecule has 0 amide bonds. The van der Waals surface area contributed by atoms with Crippen molar-refractivity contribution in [2.75, 3.05) is 13.1 Å². The van der Waals surface area contributed by atoms with Gasteiger partial charge in [0.15, 0.2) is 0 Å². The monoisotopic (exact) mass is 258 g/mol. The normalized spacial score (nSPS) is 10.5. The lowest BCUT2D eigenvalue weighted by molar-refractivity contribution is 0.567. The Hall–Kier alpha value is -1.72. The Morgan fingerprint density at radius 1 is 0.632 bits per heavy atom. The van der Waals surface area contributed by atoms with Gasteiger partial charge < -0.3 is 22.9 Å². The summed E-state index contributed by atoms with van der Waals surface area (Å²) in [4.78, 5) is 0. The summed E-state index contributed by atoms with van der Waals surface area (Å²) >= 11 is 0. The van der Waals surface area contributed by atoms with Crippen molar-refractivity contribution in [2.45, 2.75) is 5.66 Å². The van der Waals surface area contributed by atoms with Crippen LogP contribution in [0.1, 0.15) is 11.1 Å². The van der Waals surface area contributed by atoms with Crippen molar-refractivity contribution in [1.29, 1.82) is 0 Å². The van der Waals surface area contributed by atoms with E-state index in [-0.39, 0.29) is 0 Å². The molecule has 0 bridgehead atoms. The number of rotatable bonds is 3. The molecular formula is C15H22N4. The molecule has 19 heavy (non-hydrogen) atoms. The fraction of sp³-hybridized carbons (Fsp3) is 0.200. The van der Waals surface area contributed by atoms with Gasteiger partial charge in [-0.1, -0.05) is 60.7 Å². The van der Waals surface area contributed by atoms with E-state index in [4.69, 9.17) is 22.9 Å². The van der Waals surface area contributed by atoms with Crippen molar-refractivity contribution in [3.8, 4) is 0 Å². The predicted molar refractivity (Wildman–Crippen MR) is 80.1 cm³/mol. The largest absolute Gasteiger partial charge is 0.329 e. The summed E-state index contributed by atoms with van der Waals surface area (Å²) in [5.74, 6) is 0. The van der Waals surface area contributed by atoms with Crippen LogP contribution in [0, 0.1) is 0 Å². The number of nitrogens with two attached hydrogens (primary N) is 4. The molecule has 0 unspecified atom stereocenters. The van der Waals surface area contributed by atoms with Gasteiger partial charge in [-0.3, -0.25) is 0 Å². The maximum Gasteiger partial charge on any atom is 0.116 e. The van der Waals surface area contributed by atoms with E-state index in [1.807, 2.05) is 60.7 Å². The third kappa shape index (κ3) is 4.46. The Bertz CT molecular complexity index is 411. The molecule has 2 aromatic rings. The summed E-state index contributed by atoms with van der Waals surface area (Å²) in [5.41, 5.74) is 23.0. The second kappa shape index (κ2) is 7.66. The van der Waals surface area contributed by atoms with Crippen molar-refractivity contribution in [3.05, 3.63) is 71.8 Å². The molecule has 0 aliphatic heterocycles. The minimum atomic E-state index is -0.914. The summed E-state index contributed by atoms with van der Waals surface area (Å²) in [6.45, 7) is 1.19. The highest BCUT2D eigenvalue weighted by Crippen LogP contribution is 2.20. The predicted octanol–water partition coefficient (Wildman–Crippen LogP) is 0.709. The van der Waals surface area contributed by atoms with Crippen LogP contribution in [-0.4, -0.2) is 13.1 Å². The molecule has 0 saturated heterocycles. The second-order valence-electron chi connectivity index (χ2n) is 4.18. The SMILES string of the molecule is NC(N)(c1ccccc1)c1ccccc1.NCCN. The molecule has 0 heterocycles. The number of hydrogen-bond donors (Lipinski definition) is 4. The fourth-order valence-corrected chi connectivity index (χ4v) is 1.59. The molecule has 0 atom stereocenters. The minimum Gasteiger partial charge on any atom is -0.329 e. The lowest BCUT2D eigenvalue weighted by atomic mass is 9.93. The maximum absolute atomic E-state index is 6.14. The van der Waals surface area contributed by atoms with Gasteiger partial charge in [-0.05, 0) is 11.1 Å². The van der Waals surface area contributed by atoms with Crippen molar-refractivity contribution in [1.82, 2.24) is 0 Å². The Morgan fingerprint density at radius 2 is 0.947 bits per heavy atom. The second-order valence-corrected chi connectivity index (χ2v) is 4.18. The molecular weight excluding hydrogens is 236 g/mol. The van der Waals surface area contributed by atoms with E-state index in [0.717, 1.165) is 11.1 Å². The van der Waals surface area contributed by atoms with Crippen LogP contribution in [-0.2, 0) is 5.66 Å². The smallest absolute Gasteiger partial charge is 0.116 e. The maximum atomic E-state index is 6.14. The molecule has 0 fully saturated rings. The van der Waals surface area contributed by atoms with Crippen molar-refractivity contribution in [2.24, 2.45) is 22.9 Å². The Labute approximate surface area is 114 Å². The van der Waals surface area contributed by atoms with Gasteiger partial charge in [0.2, 0.25) is 0 Å². The highest BCUT2D eigenvalue weighted by Gasteiger charge is 2.23. The van der Waals surface area contributed by atoms with Gasteiger partial charge in [-0.15, -0.1) is 0 Å². The van der Waals surface area contributed by atoms with Crippen LogP contribution < -0.4 is 22.9 Å². The van der Waals surface area contributed by atoms with Gasteiger partial charge in [0.1, 0.15) is 5.66 Å². The van der Waals surface area contributed by atoms with Gasteiger partial charge in [-0.2, -0.15) is 0 Å². The molecule has 0 spiro atoms. The molecule has 102 valence electrons. The van der Waals surface area contributed by atoms with Crippen LogP contribution >= 0.6 is 0 Å². The molecule has 0 aromatic heterocycles. The average Bonchev–Trinajstić information content (AvgIpc) is 2.49. The quantitative estimate of drug-likeness (QED) is 0.608. The van der Waals surface area contributed by atoms with Gasteiger partial charge in [0.05, 0.1) is 0 Å². The fourth-order valence-electron chi connectivity index (χ4n) is 1.59. The molecule has 2 rings (SSSR count). The molecule has 0 radical (unpaired) electrons. The van der Waals surface area contributed by atoms with Crippen LogP contribution in [0.4, 0.5) is 0 Å². The first kappa shape index (κ1) is 15.3. The summed E-state index contributed by atoms with van der Waals surface area (Å²) in [7, 11) is 0. The third-order valence-corrected chi connectivity index (χ3v) is 2.67. The van der Waals surface area contributed by atoms with E-state index in [2.05, 4.69) is 0 Å². The summed E-state index contributed by atoms with van der Waals surface area (Å²) in [6.07, 6.45) is 0. The number of benzene rings is 2. The lowest BCUT2D eigenvalue weighted by Crippen LogP contribution is -2.46. The first-order valence-corrected chi connectivity index (χ1v) is 6.22. The highest BCUT2D eigenvalue weighted by molar-refractivity contribution is 5.35. The summed E-state index contributed by atoms with van der Waals surface area (Å²) in [6, 6.07) is 19.4. The third-order valence-electron chi connectivity index (χ3n) is 2.67. The first-order chi connectivity index (χ1) is 9.12. The zero-order chi connectivity index (χ0) is 14.1. The molecule has 2 aromatic carbocycles.